The highest BCUT2D eigenvalue weighted by molar-refractivity contribution is 6.07. The Hall–Kier alpha value is -2.68. The van der Waals surface area contributed by atoms with Crippen molar-refractivity contribution >= 4 is 11.8 Å². The minimum atomic E-state index is -0.623. The largest absolute Gasteiger partial charge is 0.277 e. The number of benzene rings is 2. The SMILES string of the molecule is O=C1[C@@H]2CC=CC[C@]2(Cc2ccccc2)C(=O)N1Cc1ccccc1. The predicted molar refractivity (Wildman–Crippen MR) is 96.4 cm³/mol. The first-order chi connectivity index (χ1) is 12.2. The molecule has 2 aliphatic rings. The standard InChI is InChI=1S/C22H21NO2/c24-20-19-13-7-8-14-22(19,15-17-9-3-1-4-10-17)21(25)23(20)16-18-11-5-2-6-12-18/h1-12,19H,13-16H2/t19-,22+/m0/s1. The van der Waals surface area contributed by atoms with Gasteiger partial charge in [-0.15, -0.1) is 0 Å². The van der Waals surface area contributed by atoms with Crippen LogP contribution >= 0.6 is 0 Å². The molecule has 0 spiro atoms. The smallest absolute Gasteiger partial charge is 0.237 e. The zero-order chi connectivity index (χ0) is 17.3. The molecule has 3 nitrogen and oxygen atoms in total. The van der Waals surface area contributed by atoms with Crippen LogP contribution in [0.3, 0.4) is 0 Å². The molecule has 0 aromatic heterocycles. The number of amides is 2. The third kappa shape index (κ3) is 2.70. The third-order valence-corrected chi connectivity index (χ3v) is 5.47. The van der Waals surface area contributed by atoms with Crippen LogP contribution < -0.4 is 0 Å². The molecule has 0 N–H and O–H groups in total. The number of imide groups is 1. The molecule has 2 atom stereocenters. The van der Waals surface area contributed by atoms with Crippen molar-refractivity contribution in [3.8, 4) is 0 Å². The number of hydrogen-bond acceptors (Lipinski definition) is 2. The van der Waals surface area contributed by atoms with Gasteiger partial charge in [0, 0.05) is 0 Å². The quantitative estimate of drug-likeness (QED) is 0.632. The average molecular weight is 331 g/mol. The van der Waals surface area contributed by atoms with Crippen molar-refractivity contribution in [2.24, 2.45) is 11.3 Å². The van der Waals surface area contributed by atoms with Gasteiger partial charge in [0.05, 0.1) is 17.9 Å². The Morgan fingerprint density at radius 2 is 1.52 bits per heavy atom. The van der Waals surface area contributed by atoms with E-state index in [-0.39, 0.29) is 17.7 Å². The van der Waals surface area contributed by atoms with Crippen LogP contribution in [0.1, 0.15) is 24.0 Å². The van der Waals surface area contributed by atoms with E-state index < -0.39 is 5.41 Å². The average Bonchev–Trinajstić information content (AvgIpc) is 2.86. The number of fused-ring (bicyclic) bond motifs is 1. The molecule has 2 amide bonds. The maximum atomic E-state index is 13.4. The number of carbonyl (C=O) groups is 2. The van der Waals surface area contributed by atoms with Crippen LogP contribution in [0, 0.1) is 11.3 Å². The minimum absolute atomic E-state index is 0.0143. The Balaban J connectivity index is 1.68. The first kappa shape index (κ1) is 15.8. The second kappa shape index (κ2) is 6.32. The molecule has 126 valence electrons. The lowest BCUT2D eigenvalue weighted by Crippen LogP contribution is -2.39. The zero-order valence-electron chi connectivity index (χ0n) is 14.1. The summed E-state index contributed by atoms with van der Waals surface area (Å²) in [5.74, 6) is -0.275. The Bertz CT molecular complexity index is 812. The fourth-order valence-electron chi connectivity index (χ4n) is 4.17. The van der Waals surface area contributed by atoms with Crippen molar-refractivity contribution in [2.75, 3.05) is 0 Å². The van der Waals surface area contributed by atoms with E-state index in [1.165, 1.54) is 4.90 Å². The van der Waals surface area contributed by atoms with Gasteiger partial charge in [0.2, 0.25) is 11.8 Å². The Labute approximate surface area is 148 Å². The van der Waals surface area contributed by atoms with Crippen molar-refractivity contribution in [3.63, 3.8) is 0 Å². The number of hydrogen-bond donors (Lipinski definition) is 0. The van der Waals surface area contributed by atoms with Gasteiger partial charge >= 0.3 is 0 Å². The van der Waals surface area contributed by atoms with E-state index in [1.54, 1.807) is 0 Å². The van der Waals surface area contributed by atoms with E-state index in [0.29, 0.717) is 25.8 Å². The van der Waals surface area contributed by atoms with Gasteiger partial charge in [-0.2, -0.15) is 0 Å². The number of nitrogens with zero attached hydrogens (tertiary/aromatic N) is 1. The molecule has 1 fully saturated rings. The molecule has 2 aromatic rings. The zero-order valence-corrected chi connectivity index (χ0v) is 14.1. The second-order valence-electron chi connectivity index (χ2n) is 7.00. The summed E-state index contributed by atoms with van der Waals surface area (Å²) in [6.07, 6.45) is 6.03. The molecule has 0 bridgehead atoms. The van der Waals surface area contributed by atoms with Crippen LogP contribution in [0.25, 0.3) is 0 Å². The van der Waals surface area contributed by atoms with Crippen LogP contribution in [-0.2, 0) is 22.6 Å². The molecule has 1 saturated heterocycles. The lowest BCUT2D eigenvalue weighted by atomic mass is 9.67. The molecule has 1 aliphatic heterocycles. The Kier molecular flexibility index (Phi) is 4.00. The van der Waals surface area contributed by atoms with Crippen molar-refractivity contribution < 1.29 is 9.59 Å². The van der Waals surface area contributed by atoms with Gasteiger partial charge in [0.1, 0.15) is 0 Å². The monoisotopic (exact) mass is 331 g/mol. The molecule has 0 radical (unpaired) electrons. The molecule has 1 aliphatic carbocycles. The molecule has 0 unspecified atom stereocenters. The molecule has 2 aromatic carbocycles. The number of rotatable bonds is 4. The molecule has 1 heterocycles. The van der Waals surface area contributed by atoms with Gasteiger partial charge in [-0.05, 0) is 30.4 Å². The fraction of sp³-hybridized carbons (Fsp3) is 0.273. The van der Waals surface area contributed by atoms with E-state index in [9.17, 15) is 9.59 Å². The minimum Gasteiger partial charge on any atom is -0.277 e. The number of carbonyl (C=O) groups excluding carboxylic acids is 2. The van der Waals surface area contributed by atoms with E-state index in [1.807, 2.05) is 66.7 Å². The van der Waals surface area contributed by atoms with E-state index >= 15 is 0 Å². The molecule has 25 heavy (non-hydrogen) atoms. The maximum Gasteiger partial charge on any atom is 0.237 e. The first-order valence-corrected chi connectivity index (χ1v) is 8.79. The highest BCUT2D eigenvalue weighted by Crippen LogP contribution is 2.48. The van der Waals surface area contributed by atoms with E-state index in [4.69, 9.17) is 0 Å². The van der Waals surface area contributed by atoms with Crippen LogP contribution in [0.5, 0.6) is 0 Å². The summed E-state index contributed by atoms with van der Waals surface area (Å²) >= 11 is 0. The lowest BCUT2D eigenvalue weighted by Gasteiger charge is -2.33. The Morgan fingerprint density at radius 1 is 0.880 bits per heavy atom. The first-order valence-electron chi connectivity index (χ1n) is 8.79. The third-order valence-electron chi connectivity index (χ3n) is 5.47. The second-order valence-corrected chi connectivity index (χ2v) is 7.00. The molecule has 3 heteroatoms. The summed E-state index contributed by atoms with van der Waals surface area (Å²) in [5.41, 5.74) is 1.48. The van der Waals surface area contributed by atoms with Gasteiger partial charge < -0.3 is 0 Å². The van der Waals surface area contributed by atoms with Gasteiger partial charge in [-0.1, -0.05) is 72.8 Å². The summed E-state index contributed by atoms with van der Waals surface area (Å²) in [6, 6.07) is 19.8. The molecular formula is C22H21NO2. The van der Waals surface area contributed by atoms with Crippen LogP contribution in [0.15, 0.2) is 72.8 Å². The van der Waals surface area contributed by atoms with Crippen LogP contribution in [0.2, 0.25) is 0 Å². The summed E-state index contributed by atoms with van der Waals surface area (Å²) in [6.45, 7) is 0.367. The van der Waals surface area contributed by atoms with Crippen molar-refractivity contribution in [1.29, 1.82) is 0 Å². The summed E-state index contributed by atoms with van der Waals surface area (Å²) in [4.78, 5) is 27.9. The highest BCUT2D eigenvalue weighted by atomic mass is 16.2. The van der Waals surface area contributed by atoms with Gasteiger partial charge in [0.15, 0.2) is 0 Å². The summed E-state index contributed by atoms with van der Waals surface area (Å²) < 4.78 is 0. The number of allylic oxidation sites excluding steroid dienone is 2. The maximum absolute atomic E-state index is 13.4. The molecular weight excluding hydrogens is 310 g/mol. The predicted octanol–water partition coefficient (Wildman–Crippen LogP) is 3.75. The van der Waals surface area contributed by atoms with Gasteiger partial charge in [-0.25, -0.2) is 0 Å². The van der Waals surface area contributed by atoms with Crippen LogP contribution in [0.4, 0.5) is 0 Å². The van der Waals surface area contributed by atoms with Crippen molar-refractivity contribution in [1.82, 2.24) is 4.90 Å². The van der Waals surface area contributed by atoms with Crippen LogP contribution in [-0.4, -0.2) is 16.7 Å². The highest BCUT2D eigenvalue weighted by Gasteiger charge is 2.58. The molecule has 4 rings (SSSR count). The summed E-state index contributed by atoms with van der Waals surface area (Å²) in [5, 5.41) is 0. The Morgan fingerprint density at radius 3 is 2.20 bits per heavy atom. The van der Waals surface area contributed by atoms with E-state index in [0.717, 1.165) is 11.1 Å². The topological polar surface area (TPSA) is 37.4 Å². The number of likely N-dealkylation sites (tertiary alicyclic amines) is 1. The normalized spacial score (nSPS) is 25.3. The van der Waals surface area contributed by atoms with Crippen molar-refractivity contribution in [3.05, 3.63) is 83.9 Å². The van der Waals surface area contributed by atoms with Gasteiger partial charge in [0.25, 0.3) is 0 Å². The summed E-state index contributed by atoms with van der Waals surface area (Å²) in [7, 11) is 0. The lowest BCUT2D eigenvalue weighted by molar-refractivity contribution is -0.142. The van der Waals surface area contributed by atoms with E-state index in [2.05, 4.69) is 6.08 Å². The fourth-order valence-corrected chi connectivity index (χ4v) is 4.17. The molecule has 0 saturated carbocycles. The van der Waals surface area contributed by atoms with Crippen molar-refractivity contribution in [2.45, 2.75) is 25.8 Å². The van der Waals surface area contributed by atoms with Gasteiger partial charge in [-0.3, -0.25) is 14.5 Å².